The number of carbonyl (C=O) groups is 1. The lowest BCUT2D eigenvalue weighted by molar-refractivity contribution is 0.0513. The van der Waals surface area contributed by atoms with Crippen LogP contribution in [0, 0.1) is 0 Å². The zero-order valence-electron chi connectivity index (χ0n) is 9.15. The summed E-state index contributed by atoms with van der Waals surface area (Å²) in [6.45, 7) is 3.79. The van der Waals surface area contributed by atoms with Crippen molar-refractivity contribution in [3.05, 3.63) is 0 Å². The first kappa shape index (κ1) is 12.3. The smallest absolute Gasteiger partial charge is 0.409 e. The van der Waals surface area contributed by atoms with Gasteiger partial charge in [-0.2, -0.15) is 0 Å². The van der Waals surface area contributed by atoms with Crippen molar-refractivity contribution in [1.82, 2.24) is 4.90 Å². The van der Waals surface area contributed by atoms with E-state index in [1.807, 2.05) is 6.92 Å². The van der Waals surface area contributed by atoms with Gasteiger partial charge >= 0.3 is 6.09 Å². The van der Waals surface area contributed by atoms with Crippen molar-refractivity contribution in [2.45, 2.75) is 25.9 Å². The van der Waals surface area contributed by atoms with Gasteiger partial charge < -0.3 is 19.5 Å². The molecule has 1 heterocycles. The number of aliphatic hydroxyl groups excluding tert-OH is 1. The molecule has 0 spiro atoms. The van der Waals surface area contributed by atoms with Crippen LogP contribution in [-0.2, 0) is 9.47 Å². The fourth-order valence-corrected chi connectivity index (χ4v) is 1.59. The van der Waals surface area contributed by atoms with Crippen LogP contribution >= 0.6 is 0 Å². The highest BCUT2D eigenvalue weighted by Crippen LogP contribution is 2.13. The highest BCUT2D eigenvalue weighted by molar-refractivity contribution is 5.67. The van der Waals surface area contributed by atoms with Gasteiger partial charge in [-0.25, -0.2) is 4.79 Å². The van der Waals surface area contributed by atoms with Gasteiger partial charge in [0, 0.05) is 13.2 Å². The van der Waals surface area contributed by atoms with Gasteiger partial charge in [-0.15, -0.1) is 0 Å². The van der Waals surface area contributed by atoms with Crippen LogP contribution in [0.2, 0.25) is 0 Å². The van der Waals surface area contributed by atoms with Crippen molar-refractivity contribution in [2.24, 2.45) is 0 Å². The molecule has 1 N–H and O–H groups in total. The maximum atomic E-state index is 11.5. The molecule has 1 saturated heterocycles. The molecule has 88 valence electrons. The van der Waals surface area contributed by atoms with Crippen LogP contribution in [0.5, 0.6) is 0 Å². The SMILES string of the molecule is CCN(CC1CCCO1)C(=O)OCCO. The first-order valence-corrected chi connectivity index (χ1v) is 5.42. The Morgan fingerprint density at radius 3 is 3.00 bits per heavy atom. The average Bonchev–Trinajstić information content (AvgIpc) is 2.75. The number of likely N-dealkylation sites (N-methyl/N-ethyl adjacent to an activating group) is 1. The highest BCUT2D eigenvalue weighted by Gasteiger charge is 2.22. The van der Waals surface area contributed by atoms with Crippen LogP contribution in [0.3, 0.4) is 0 Å². The topological polar surface area (TPSA) is 59.0 Å². The Kier molecular flexibility index (Phi) is 5.42. The van der Waals surface area contributed by atoms with Crippen LogP contribution in [0.15, 0.2) is 0 Å². The molecule has 0 saturated carbocycles. The summed E-state index contributed by atoms with van der Waals surface area (Å²) in [6, 6.07) is 0. The molecule has 1 unspecified atom stereocenters. The van der Waals surface area contributed by atoms with E-state index < -0.39 is 0 Å². The van der Waals surface area contributed by atoms with Gasteiger partial charge in [-0.3, -0.25) is 0 Å². The summed E-state index contributed by atoms with van der Waals surface area (Å²) in [5, 5.41) is 8.53. The van der Waals surface area contributed by atoms with E-state index in [2.05, 4.69) is 0 Å². The molecule has 1 fully saturated rings. The van der Waals surface area contributed by atoms with Crippen molar-refractivity contribution in [2.75, 3.05) is 32.9 Å². The van der Waals surface area contributed by atoms with Crippen LogP contribution in [0.1, 0.15) is 19.8 Å². The number of rotatable bonds is 5. The molecule has 5 heteroatoms. The predicted octanol–water partition coefficient (Wildman–Crippen LogP) is 0.616. The maximum Gasteiger partial charge on any atom is 0.409 e. The molecule has 0 radical (unpaired) electrons. The number of hydrogen-bond donors (Lipinski definition) is 1. The Balaban J connectivity index is 2.29. The van der Waals surface area contributed by atoms with Crippen LogP contribution < -0.4 is 0 Å². The number of hydrogen-bond acceptors (Lipinski definition) is 4. The fourth-order valence-electron chi connectivity index (χ4n) is 1.59. The second kappa shape index (κ2) is 6.63. The lowest BCUT2D eigenvalue weighted by Gasteiger charge is -2.23. The Morgan fingerprint density at radius 1 is 1.67 bits per heavy atom. The molecule has 1 rings (SSSR count). The Hall–Kier alpha value is -0.810. The third-order valence-corrected chi connectivity index (χ3v) is 2.40. The van der Waals surface area contributed by atoms with Gasteiger partial charge in [0.15, 0.2) is 0 Å². The third-order valence-electron chi connectivity index (χ3n) is 2.40. The lowest BCUT2D eigenvalue weighted by Crippen LogP contribution is -2.37. The quantitative estimate of drug-likeness (QED) is 0.733. The second-order valence-corrected chi connectivity index (χ2v) is 3.51. The molecule has 1 atom stereocenters. The zero-order chi connectivity index (χ0) is 11.1. The van der Waals surface area contributed by atoms with E-state index in [1.165, 1.54) is 0 Å². The van der Waals surface area contributed by atoms with Crippen LogP contribution in [-0.4, -0.2) is 55.1 Å². The minimum absolute atomic E-state index is 0.0564. The van der Waals surface area contributed by atoms with Gasteiger partial charge in [-0.1, -0.05) is 0 Å². The number of ether oxygens (including phenoxy) is 2. The molecule has 0 aromatic rings. The van der Waals surface area contributed by atoms with Gasteiger partial charge in [-0.05, 0) is 19.8 Å². The third kappa shape index (κ3) is 4.05. The predicted molar refractivity (Wildman–Crippen MR) is 54.7 cm³/mol. The zero-order valence-corrected chi connectivity index (χ0v) is 9.15. The molecule has 15 heavy (non-hydrogen) atoms. The monoisotopic (exact) mass is 217 g/mol. The minimum Gasteiger partial charge on any atom is -0.447 e. The second-order valence-electron chi connectivity index (χ2n) is 3.51. The van der Waals surface area contributed by atoms with Crippen molar-refractivity contribution >= 4 is 6.09 Å². The normalized spacial score (nSPS) is 20.3. The molecular weight excluding hydrogens is 198 g/mol. The van der Waals surface area contributed by atoms with Crippen LogP contribution in [0.25, 0.3) is 0 Å². The minimum atomic E-state index is -0.373. The number of carbonyl (C=O) groups excluding carboxylic acids is 1. The molecule has 1 aliphatic heterocycles. The summed E-state index contributed by atoms with van der Waals surface area (Å²) >= 11 is 0. The van der Waals surface area contributed by atoms with Gasteiger partial charge in [0.1, 0.15) is 6.61 Å². The number of nitrogens with zero attached hydrogens (tertiary/aromatic N) is 1. The molecular formula is C10H19NO4. The van der Waals surface area contributed by atoms with E-state index in [0.717, 1.165) is 19.4 Å². The summed E-state index contributed by atoms with van der Waals surface area (Å²) in [6.07, 6.45) is 1.84. The van der Waals surface area contributed by atoms with E-state index in [0.29, 0.717) is 13.1 Å². The van der Waals surface area contributed by atoms with E-state index in [-0.39, 0.29) is 25.4 Å². The van der Waals surface area contributed by atoms with Crippen molar-refractivity contribution in [3.63, 3.8) is 0 Å². The molecule has 1 amide bonds. The van der Waals surface area contributed by atoms with Crippen molar-refractivity contribution in [3.8, 4) is 0 Å². The van der Waals surface area contributed by atoms with Crippen LogP contribution in [0.4, 0.5) is 4.79 Å². The van der Waals surface area contributed by atoms with E-state index in [4.69, 9.17) is 14.6 Å². The Bertz CT molecular complexity index is 192. The van der Waals surface area contributed by atoms with Gasteiger partial charge in [0.25, 0.3) is 0 Å². The summed E-state index contributed by atoms with van der Waals surface area (Å²) < 4.78 is 10.3. The summed E-state index contributed by atoms with van der Waals surface area (Å²) in [7, 11) is 0. The Labute approximate surface area is 90.0 Å². The molecule has 0 bridgehead atoms. The fraction of sp³-hybridized carbons (Fsp3) is 0.900. The molecule has 0 aromatic carbocycles. The largest absolute Gasteiger partial charge is 0.447 e. The summed E-state index contributed by atoms with van der Waals surface area (Å²) in [5.41, 5.74) is 0. The highest BCUT2D eigenvalue weighted by atomic mass is 16.6. The number of amides is 1. The average molecular weight is 217 g/mol. The summed E-state index contributed by atoms with van der Waals surface area (Å²) in [4.78, 5) is 13.1. The van der Waals surface area contributed by atoms with Crippen molar-refractivity contribution in [1.29, 1.82) is 0 Å². The lowest BCUT2D eigenvalue weighted by atomic mass is 10.2. The molecule has 0 aromatic heterocycles. The number of aliphatic hydroxyl groups is 1. The first-order valence-electron chi connectivity index (χ1n) is 5.42. The first-order chi connectivity index (χ1) is 7.27. The van der Waals surface area contributed by atoms with E-state index in [1.54, 1.807) is 4.90 Å². The maximum absolute atomic E-state index is 11.5. The van der Waals surface area contributed by atoms with E-state index >= 15 is 0 Å². The Morgan fingerprint density at radius 2 is 2.47 bits per heavy atom. The van der Waals surface area contributed by atoms with Gasteiger partial charge in [0.05, 0.1) is 19.3 Å². The molecule has 0 aliphatic carbocycles. The standard InChI is InChI=1S/C10H19NO4/c1-2-11(10(13)15-7-5-12)8-9-4-3-6-14-9/h9,12H,2-8H2,1H3. The van der Waals surface area contributed by atoms with Gasteiger partial charge in [0.2, 0.25) is 0 Å². The molecule has 5 nitrogen and oxygen atoms in total. The molecule has 1 aliphatic rings. The van der Waals surface area contributed by atoms with Crippen molar-refractivity contribution < 1.29 is 19.4 Å². The van der Waals surface area contributed by atoms with E-state index in [9.17, 15) is 4.79 Å². The summed E-state index contributed by atoms with van der Waals surface area (Å²) in [5.74, 6) is 0.